The molecule has 0 aliphatic rings. The van der Waals surface area contributed by atoms with Crippen LogP contribution in [0.2, 0.25) is 0 Å². The van der Waals surface area contributed by atoms with E-state index in [1.807, 2.05) is 0 Å². The monoisotopic (exact) mass is 293 g/mol. The maximum atomic E-state index is 11.8. The van der Waals surface area contributed by atoms with Gasteiger partial charge in [-0.25, -0.2) is 4.98 Å². The van der Waals surface area contributed by atoms with Crippen molar-refractivity contribution >= 4 is 22.1 Å². The average Bonchev–Trinajstić information content (AvgIpc) is 2.87. The Kier molecular flexibility index (Phi) is 4.05. The molecule has 0 radical (unpaired) electrons. The summed E-state index contributed by atoms with van der Waals surface area (Å²) in [6.07, 6.45) is -1.23. The molecule has 1 amide bonds. The number of halogens is 3. The Hall–Kier alpha value is -1.61. The van der Waals surface area contributed by atoms with E-state index >= 15 is 0 Å². The van der Waals surface area contributed by atoms with Crippen LogP contribution in [-0.2, 0) is 4.74 Å². The summed E-state index contributed by atoms with van der Waals surface area (Å²) in [5.74, 6) is -0.375. The summed E-state index contributed by atoms with van der Waals surface area (Å²) in [6, 6.07) is 0. The second kappa shape index (κ2) is 5.57. The van der Waals surface area contributed by atoms with Crippen LogP contribution in [0.5, 0.6) is 0 Å². The van der Waals surface area contributed by atoms with Gasteiger partial charge >= 0.3 is 6.18 Å². The molecule has 2 rings (SSSR count). The molecule has 104 valence electrons. The fourth-order valence-electron chi connectivity index (χ4n) is 1.40. The first kappa shape index (κ1) is 13.8. The van der Waals surface area contributed by atoms with Crippen LogP contribution in [0.3, 0.4) is 0 Å². The van der Waals surface area contributed by atoms with Crippen LogP contribution in [0, 0.1) is 0 Å². The molecule has 1 N–H and O–H groups in total. The fraction of sp³-hybridized carbons (Fsp3) is 0.400. The number of nitrogens with one attached hydrogen (secondary N) is 1. The third kappa shape index (κ3) is 3.67. The van der Waals surface area contributed by atoms with Crippen molar-refractivity contribution in [1.29, 1.82) is 0 Å². The van der Waals surface area contributed by atoms with E-state index < -0.39 is 12.8 Å². The Bertz CT molecular complexity index is 564. The Labute approximate surface area is 110 Å². The molecule has 5 nitrogen and oxygen atoms in total. The third-order valence-electron chi connectivity index (χ3n) is 2.19. The Balaban J connectivity index is 1.78. The number of hydrogen-bond acceptors (Lipinski definition) is 4. The van der Waals surface area contributed by atoms with E-state index in [2.05, 4.69) is 15.0 Å². The quantitative estimate of drug-likeness (QED) is 0.854. The Morgan fingerprint density at radius 3 is 3.05 bits per heavy atom. The minimum atomic E-state index is -4.35. The predicted molar refractivity (Wildman–Crippen MR) is 62.3 cm³/mol. The first-order valence-electron chi connectivity index (χ1n) is 5.29. The molecule has 0 saturated heterocycles. The number of nitrogens with zero attached hydrogens (tertiary/aromatic N) is 2. The molecule has 0 saturated carbocycles. The summed E-state index contributed by atoms with van der Waals surface area (Å²) >= 11 is 1.36. The summed E-state index contributed by atoms with van der Waals surface area (Å²) < 4.78 is 41.3. The van der Waals surface area contributed by atoms with Crippen LogP contribution in [-0.4, -0.2) is 41.2 Å². The lowest BCUT2D eigenvalue weighted by molar-refractivity contribution is -0.173. The number of fused-ring (bicyclic) bond motifs is 1. The lowest BCUT2D eigenvalue weighted by Gasteiger charge is -2.08. The van der Waals surface area contributed by atoms with E-state index in [0.717, 1.165) is 4.83 Å². The highest BCUT2D eigenvalue weighted by Crippen LogP contribution is 2.15. The highest BCUT2D eigenvalue weighted by molar-refractivity contribution is 7.15. The molecule has 9 heteroatoms. The average molecular weight is 293 g/mol. The van der Waals surface area contributed by atoms with Gasteiger partial charge in [-0.05, 0) is 0 Å². The molecule has 0 aliphatic carbocycles. The van der Waals surface area contributed by atoms with Crippen LogP contribution in [0.1, 0.15) is 10.5 Å². The lowest BCUT2D eigenvalue weighted by atomic mass is 10.4. The standard InChI is InChI=1S/C10H10F3N3O2S/c11-10(12,13)5-18-2-1-15-9(17)7-4-19-8-3-14-6-16(7)8/h3-4,6H,1-2,5H2,(H,15,17). The normalized spacial score (nSPS) is 11.9. The molecule has 0 spiro atoms. The number of hydrogen-bond donors (Lipinski definition) is 1. The van der Waals surface area contributed by atoms with E-state index in [1.165, 1.54) is 17.7 Å². The number of aromatic nitrogens is 2. The largest absolute Gasteiger partial charge is 0.411 e. The summed E-state index contributed by atoms with van der Waals surface area (Å²) in [7, 11) is 0. The number of rotatable bonds is 5. The van der Waals surface area contributed by atoms with Crippen LogP contribution < -0.4 is 5.32 Å². The fourth-order valence-corrected chi connectivity index (χ4v) is 2.24. The lowest BCUT2D eigenvalue weighted by Crippen LogP contribution is -2.29. The van der Waals surface area contributed by atoms with Gasteiger partial charge in [0.05, 0.1) is 12.8 Å². The maximum absolute atomic E-state index is 11.8. The van der Waals surface area contributed by atoms with Crippen molar-refractivity contribution in [3.8, 4) is 0 Å². The highest BCUT2D eigenvalue weighted by atomic mass is 32.1. The Morgan fingerprint density at radius 2 is 2.32 bits per heavy atom. The van der Waals surface area contributed by atoms with Crippen molar-refractivity contribution in [3.63, 3.8) is 0 Å². The van der Waals surface area contributed by atoms with Crippen molar-refractivity contribution in [2.24, 2.45) is 0 Å². The van der Waals surface area contributed by atoms with Gasteiger partial charge in [0.25, 0.3) is 5.91 Å². The van der Waals surface area contributed by atoms with E-state index in [0.29, 0.717) is 5.69 Å². The predicted octanol–water partition coefficient (Wildman–Crippen LogP) is 1.70. The number of ether oxygens (including phenoxy) is 1. The number of amides is 1. The minimum absolute atomic E-state index is 0.0148. The van der Waals surface area contributed by atoms with E-state index in [4.69, 9.17) is 0 Å². The van der Waals surface area contributed by atoms with Gasteiger partial charge in [0, 0.05) is 11.9 Å². The van der Waals surface area contributed by atoms with Crippen molar-refractivity contribution < 1.29 is 22.7 Å². The van der Waals surface area contributed by atoms with Gasteiger partial charge in [0.2, 0.25) is 0 Å². The SMILES string of the molecule is O=C(NCCOCC(F)(F)F)c1csc2cncn12. The zero-order chi connectivity index (χ0) is 13.9. The molecule has 0 bridgehead atoms. The van der Waals surface area contributed by atoms with E-state index in [-0.39, 0.29) is 19.1 Å². The molecule has 2 heterocycles. The smallest absolute Gasteiger partial charge is 0.370 e. The molecule has 2 aromatic heterocycles. The highest BCUT2D eigenvalue weighted by Gasteiger charge is 2.27. The zero-order valence-corrected chi connectivity index (χ0v) is 10.4. The molecule has 0 atom stereocenters. The van der Waals surface area contributed by atoms with E-state index in [9.17, 15) is 18.0 Å². The van der Waals surface area contributed by atoms with Crippen LogP contribution in [0.25, 0.3) is 4.83 Å². The van der Waals surface area contributed by atoms with Crippen LogP contribution in [0.15, 0.2) is 17.9 Å². The van der Waals surface area contributed by atoms with Gasteiger partial charge in [0.15, 0.2) is 0 Å². The number of thiazole rings is 1. The second-order valence-electron chi connectivity index (χ2n) is 3.65. The molecular formula is C10H10F3N3O2S. The minimum Gasteiger partial charge on any atom is -0.370 e. The van der Waals surface area contributed by atoms with Gasteiger partial charge in [-0.1, -0.05) is 0 Å². The third-order valence-corrected chi connectivity index (χ3v) is 3.07. The molecule has 2 aromatic rings. The Morgan fingerprint density at radius 1 is 1.53 bits per heavy atom. The number of carbonyl (C=O) groups excluding carboxylic acids is 1. The first-order chi connectivity index (χ1) is 8.97. The van der Waals surface area contributed by atoms with Crippen molar-refractivity contribution in [3.05, 3.63) is 23.6 Å². The molecule has 0 aromatic carbocycles. The zero-order valence-electron chi connectivity index (χ0n) is 9.61. The van der Waals surface area contributed by atoms with Crippen molar-refractivity contribution in [2.45, 2.75) is 6.18 Å². The van der Waals surface area contributed by atoms with Gasteiger partial charge in [-0.3, -0.25) is 9.20 Å². The number of carbonyl (C=O) groups is 1. The summed E-state index contributed by atoms with van der Waals surface area (Å²) in [5.41, 5.74) is 0.397. The van der Waals surface area contributed by atoms with Gasteiger partial charge in [0.1, 0.15) is 23.5 Å². The summed E-state index contributed by atoms with van der Waals surface area (Å²) in [4.78, 5) is 16.4. The van der Waals surface area contributed by atoms with Gasteiger partial charge in [-0.2, -0.15) is 13.2 Å². The maximum Gasteiger partial charge on any atom is 0.411 e. The number of imidazole rings is 1. The molecule has 0 aliphatic heterocycles. The van der Waals surface area contributed by atoms with Crippen LogP contribution in [0.4, 0.5) is 13.2 Å². The topological polar surface area (TPSA) is 55.6 Å². The summed E-state index contributed by atoms with van der Waals surface area (Å²) in [5, 5.41) is 4.14. The van der Waals surface area contributed by atoms with Gasteiger partial charge < -0.3 is 10.1 Å². The van der Waals surface area contributed by atoms with Crippen molar-refractivity contribution in [2.75, 3.05) is 19.8 Å². The molecule has 19 heavy (non-hydrogen) atoms. The van der Waals surface area contributed by atoms with E-state index in [1.54, 1.807) is 16.0 Å². The second-order valence-corrected chi connectivity index (χ2v) is 4.54. The molecular weight excluding hydrogens is 283 g/mol. The number of alkyl halides is 3. The summed E-state index contributed by atoms with van der Waals surface area (Å²) in [6.45, 7) is -1.49. The van der Waals surface area contributed by atoms with Gasteiger partial charge in [-0.15, -0.1) is 11.3 Å². The van der Waals surface area contributed by atoms with Crippen molar-refractivity contribution in [1.82, 2.24) is 14.7 Å². The molecule has 0 fully saturated rings. The molecule has 0 unspecified atom stereocenters. The van der Waals surface area contributed by atoms with Crippen LogP contribution >= 0.6 is 11.3 Å². The first-order valence-corrected chi connectivity index (χ1v) is 6.17.